The van der Waals surface area contributed by atoms with Gasteiger partial charge in [0.25, 0.3) is 5.91 Å². The van der Waals surface area contributed by atoms with Crippen LogP contribution < -0.4 is 5.32 Å². The number of carbonyl (C=O) groups is 2. The van der Waals surface area contributed by atoms with Gasteiger partial charge in [0.15, 0.2) is 0 Å². The summed E-state index contributed by atoms with van der Waals surface area (Å²) < 4.78 is 0. The first-order valence-corrected chi connectivity index (χ1v) is 6.65. The maximum atomic E-state index is 12.3. The van der Waals surface area contributed by atoms with Gasteiger partial charge in [0, 0.05) is 17.3 Å². The summed E-state index contributed by atoms with van der Waals surface area (Å²) in [6, 6.07) is 7.17. The van der Waals surface area contributed by atoms with Crippen LogP contribution in [0.15, 0.2) is 30.5 Å². The number of aliphatic carboxylic acids is 1. The van der Waals surface area contributed by atoms with E-state index in [0.717, 1.165) is 10.9 Å². The Hall–Kier alpha value is -2.30. The van der Waals surface area contributed by atoms with Crippen LogP contribution in [0.1, 0.15) is 37.0 Å². The van der Waals surface area contributed by atoms with Gasteiger partial charge >= 0.3 is 5.97 Å². The number of hydrogen-bond donors (Lipinski definition) is 3. The van der Waals surface area contributed by atoms with Crippen molar-refractivity contribution in [1.29, 1.82) is 0 Å². The average Bonchev–Trinajstić information content (AvgIpc) is 2.91. The predicted molar refractivity (Wildman–Crippen MR) is 76.7 cm³/mol. The summed E-state index contributed by atoms with van der Waals surface area (Å²) in [4.78, 5) is 26.7. The van der Waals surface area contributed by atoms with Crippen LogP contribution in [0.25, 0.3) is 10.9 Å². The largest absolute Gasteiger partial charge is 0.480 e. The van der Waals surface area contributed by atoms with Crippen molar-refractivity contribution in [2.45, 2.75) is 32.2 Å². The third kappa shape index (κ3) is 2.39. The van der Waals surface area contributed by atoms with Crippen molar-refractivity contribution >= 4 is 22.8 Å². The molecule has 0 spiro atoms. The van der Waals surface area contributed by atoms with Gasteiger partial charge in [0.1, 0.15) is 5.54 Å². The molecule has 0 radical (unpaired) electrons. The zero-order chi connectivity index (χ0) is 14.8. The molecule has 5 nitrogen and oxygen atoms in total. The molecule has 1 amide bonds. The van der Waals surface area contributed by atoms with Gasteiger partial charge in [0.2, 0.25) is 0 Å². The summed E-state index contributed by atoms with van der Waals surface area (Å²) >= 11 is 0. The molecular formula is C15H18N2O3. The summed E-state index contributed by atoms with van der Waals surface area (Å²) in [5.74, 6) is -1.37. The van der Waals surface area contributed by atoms with Crippen LogP contribution in [0.4, 0.5) is 0 Å². The maximum absolute atomic E-state index is 12.3. The van der Waals surface area contributed by atoms with Gasteiger partial charge in [-0.05, 0) is 36.4 Å². The number of amides is 1. The SMILES string of the molecule is CCC(CC)(NC(=O)c1ccc2cc[nH]c2c1)C(=O)O. The minimum absolute atomic E-state index is 0.343. The van der Waals surface area contributed by atoms with Crippen LogP contribution >= 0.6 is 0 Å². The smallest absolute Gasteiger partial charge is 0.329 e. The molecule has 0 aliphatic carbocycles. The number of carbonyl (C=O) groups excluding carboxylic acids is 1. The van der Waals surface area contributed by atoms with Crippen molar-refractivity contribution in [1.82, 2.24) is 10.3 Å². The lowest BCUT2D eigenvalue weighted by molar-refractivity contribution is -0.144. The van der Waals surface area contributed by atoms with E-state index in [4.69, 9.17) is 0 Å². The molecule has 0 saturated carbocycles. The second kappa shape index (κ2) is 5.36. The van der Waals surface area contributed by atoms with Crippen molar-refractivity contribution in [2.75, 3.05) is 0 Å². The average molecular weight is 274 g/mol. The highest BCUT2D eigenvalue weighted by atomic mass is 16.4. The van der Waals surface area contributed by atoms with E-state index in [2.05, 4.69) is 10.3 Å². The molecular weight excluding hydrogens is 256 g/mol. The minimum Gasteiger partial charge on any atom is -0.480 e. The molecule has 5 heteroatoms. The Morgan fingerprint density at radius 1 is 1.25 bits per heavy atom. The highest BCUT2D eigenvalue weighted by molar-refractivity contribution is 6.00. The first-order valence-electron chi connectivity index (χ1n) is 6.65. The van der Waals surface area contributed by atoms with E-state index in [9.17, 15) is 14.7 Å². The number of rotatable bonds is 5. The van der Waals surface area contributed by atoms with Gasteiger partial charge in [-0.25, -0.2) is 4.79 Å². The molecule has 106 valence electrons. The van der Waals surface area contributed by atoms with Gasteiger partial charge in [0.05, 0.1) is 0 Å². The number of H-pyrrole nitrogens is 1. The number of carboxylic acids is 1. The van der Waals surface area contributed by atoms with Crippen molar-refractivity contribution in [3.63, 3.8) is 0 Å². The van der Waals surface area contributed by atoms with Crippen LogP contribution in [0.5, 0.6) is 0 Å². The van der Waals surface area contributed by atoms with Crippen LogP contribution in [-0.4, -0.2) is 27.5 Å². The highest BCUT2D eigenvalue weighted by Gasteiger charge is 2.36. The summed E-state index contributed by atoms with van der Waals surface area (Å²) in [5.41, 5.74) is 0.0981. The van der Waals surface area contributed by atoms with Gasteiger partial charge in [-0.1, -0.05) is 19.9 Å². The monoisotopic (exact) mass is 274 g/mol. The number of fused-ring (bicyclic) bond motifs is 1. The number of nitrogens with one attached hydrogen (secondary N) is 2. The molecule has 1 aromatic heterocycles. The lowest BCUT2D eigenvalue weighted by Crippen LogP contribution is -2.53. The van der Waals surface area contributed by atoms with Gasteiger partial charge < -0.3 is 15.4 Å². The molecule has 3 N–H and O–H groups in total. The van der Waals surface area contributed by atoms with Crippen molar-refractivity contribution in [2.24, 2.45) is 0 Å². The minimum atomic E-state index is -1.21. The Morgan fingerprint density at radius 3 is 2.55 bits per heavy atom. The number of carboxylic acid groups (broad SMARTS) is 1. The standard InChI is InChI=1S/C15H18N2O3/c1-3-15(4-2,14(19)20)17-13(18)11-6-5-10-7-8-16-12(10)9-11/h5-9,16H,3-4H2,1-2H3,(H,17,18)(H,19,20). The first kappa shape index (κ1) is 14.1. The van der Waals surface area contributed by atoms with Crippen LogP contribution in [0, 0.1) is 0 Å². The topological polar surface area (TPSA) is 82.2 Å². The van der Waals surface area contributed by atoms with Gasteiger partial charge in [-0.2, -0.15) is 0 Å². The molecule has 0 bridgehead atoms. The Morgan fingerprint density at radius 2 is 1.95 bits per heavy atom. The summed E-state index contributed by atoms with van der Waals surface area (Å²) in [6.07, 6.45) is 2.48. The second-order valence-electron chi connectivity index (χ2n) is 4.83. The number of hydrogen-bond acceptors (Lipinski definition) is 2. The van der Waals surface area contributed by atoms with E-state index >= 15 is 0 Å². The lowest BCUT2D eigenvalue weighted by atomic mass is 9.92. The zero-order valence-corrected chi connectivity index (χ0v) is 11.6. The highest BCUT2D eigenvalue weighted by Crippen LogP contribution is 2.18. The van der Waals surface area contributed by atoms with Crippen LogP contribution in [-0.2, 0) is 4.79 Å². The third-order valence-corrected chi connectivity index (χ3v) is 3.79. The molecule has 0 atom stereocenters. The van der Waals surface area contributed by atoms with Crippen LogP contribution in [0.2, 0.25) is 0 Å². The van der Waals surface area contributed by atoms with Crippen molar-refractivity contribution in [3.8, 4) is 0 Å². The quantitative estimate of drug-likeness (QED) is 0.783. The molecule has 0 unspecified atom stereocenters. The molecule has 0 fully saturated rings. The molecule has 0 aliphatic rings. The van der Waals surface area contributed by atoms with E-state index in [1.165, 1.54) is 0 Å². The number of aromatic nitrogens is 1. The fourth-order valence-corrected chi connectivity index (χ4v) is 2.26. The normalized spacial score (nSPS) is 11.5. The predicted octanol–water partition coefficient (Wildman–Crippen LogP) is 2.54. The Bertz CT molecular complexity index is 641. The molecule has 1 aromatic carbocycles. The Kier molecular flexibility index (Phi) is 3.79. The fourth-order valence-electron chi connectivity index (χ4n) is 2.26. The second-order valence-corrected chi connectivity index (χ2v) is 4.83. The third-order valence-electron chi connectivity index (χ3n) is 3.79. The first-order chi connectivity index (χ1) is 9.52. The summed E-state index contributed by atoms with van der Waals surface area (Å²) in [6.45, 7) is 3.51. The van der Waals surface area contributed by atoms with Crippen molar-refractivity contribution < 1.29 is 14.7 Å². The zero-order valence-electron chi connectivity index (χ0n) is 11.6. The lowest BCUT2D eigenvalue weighted by Gasteiger charge is -2.28. The summed E-state index contributed by atoms with van der Waals surface area (Å²) in [5, 5.41) is 13.0. The molecule has 2 aromatic rings. The van der Waals surface area contributed by atoms with Crippen LogP contribution in [0.3, 0.4) is 0 Å². The number of aromatic amines is 1. The van der Waals surface area contributed by atoms with E-state index in [-0.39, 0.29) is 5.91 Å². The molecule has 2 rings (SSSR count). The fraction of sp³-hybridized carbons (Fsp3) is 0.333. The maximum Gasteiger partial charge on any atom is 0.329 e. The van der Waals surface area contributed by atoms with E-state index < -0.39 is 11.5 Å². The van der Waals surface area contributed by atoms with E-state index in [0.29, 0.717) is 18.4 Å². The van der Waals surface area contributed by atoms with Gasteiger partial charge in [-0.3, -0.25) is 4.79 Å². The van der Waals surface area contributed by atoms with E-state index in [1.807, 2.05) is 12.1 Å². The molecule has 1 heterocycles. The molecule has 20 heavy (non-hydrogen) atoms. The molecule has 0 aliphatic heterocycles. The number of benzene rings is 1. The van der Waals surface area contributed by atoms with E-state index in [1.54, 1.807) is 32.2 Å². The van der Waals surface area contributed by atoms with Gasteiger partial charge in [-0.15, -0.1) is 0 Å². The Balaban J connectivity index is 2.28. The van der Waals surface area contributed by atoms with Crippen molar-refractivity contribution in [3.05, 3.63) is 36.0 Å². The summed E-state index contributed by atoms with van der Waals surface area (Å²) in [7, 11) is 0. The molecule has 0 saturated heterocycles. The Labute approximate surface area is 117 Å².